The normalized spacial score (nSPS) is 18.2. The van der Waals surface area contributed by atoms with E-state index in [1.807, 2.05) is 6.07 Å². The number of aromatic nitrogens is 1. The molecule has 3 amide bonds. The molecule has 0 bridgehead atoms. The minimum Gasteiger partial charge on any atom is -0.328 e. The van der Waals surface area contributed by atoms with Crippen LogP contribution in [0, 0.1) is 23.5 Å². The van der Waals surface area contributed by atoms with Gasteiger partial charge < -0.3 is 5.32 Å². The number of nitrogens with zero attached hydrogens (tertiary/aromatic N) is 2. The van der Waals surface area contributed by atoms with Crippen LogP contribution in [0.4, 0.5) is 19.3 Å². The van der Waals surface area contributed by atoms with Crippen molar-refractivity contribution in [2.45, 2.75) is 18.9 Å². The number of imide groups is 1. The Hall–Kier alpha value is -4.05. The highest BCUT2D eigenvalue weighted by Gasteiger charge is 2.43. The Morgan fingerprint density at radius 2 is 1.68 bits per heavy atom. The summed E-state index contributed by atoms with van der Waals surface area (Å²) in [7, 11) is 0. The monoisotopic (exact) mass is 417 g/mol. The Labute approximate surface area is 177 Å². The molecule has 2 aromatic carbocycles. The number of benzene rings is 2. The highest BCUT2D eigenvalue weighted by Crippen LogP contribution is 2.33. The third-order valence-corrected chi connectivity index (χ3v) is 5.00. The van der Waals surface area contributed by atoms with E-state index in [4.69, 9.17) is 0 Å². The second-order valence-corrected chi connectivity index (χ2v) is 7.31. The molecule has 0 spiro atoms. The molecule has 0 saturated carbocycles. The number of carbonyl (C=O) groups is 2. The molecule has 1 aliphatic rings. The number of halogens is 2. The first-order chi connectivity index (χ1) is 14.9. The van der Waals surface area contributed by atoms with Crippen molar-refractivity contribution >= 4 is 17.6 Å². The van der Waals surface area contributed by atoms with E-state index in [-0.39, 0.29) is 12.0 Å². The van der Waals surface area contributed by atoms with Crippen LogP contribution >= 0.6 is 0 Å². The molecule has 2 heterocycles. The van der Waals surface area contributed by atoms with Crippen molar-refractivity contribution in [3.63, 3.8) is 0 Å². The molecule has 1 aliphatic heterocycles. The van der Waals surface area contributed by atoms with Crippen molar-refractivity contribution in [2.75, 3.05) is 4.90 Å². The van der Waals surface area contributed by atoms with Crippen molar-refractivity contribution in [3.8, 4) is 11.8 Å². The first kappa shape index (κ1) is 20.2. The largest absolute Gasteiger partial charge is 0.329 e. The minimum atomic E-state index is -1.05. The second kappa shape index (κ2) is 8.00. The van der Waals surface area contributed by atoms with Crippen molar-refractivity contribution in [3.05, 3.63) is 95.3 Å². The summed E-state index contributed by atoms with van der Waals surface area (Å²) in [5.74, 6) is 2.60. The van der Waals surface area contributed by atoms with E-state index in [2.05, 4.69) is 22.1 Å². The van der Waals surface area contributed by atoms with E-state index in [9.17, 15) is 18.4 Å². The quantitative estimate of drug-likeness (QED) is 0.638. The van der Waals surface area contributed by atoms with Crippen LogP contribution < -0.4 is 10.2 Å². The van der Waals surface area contributed by atoms with Crippen LogP contribution in [0.1, 0.15) is 30.0 Å². The Balaban J connectivity index is 1.64. The first-order valence-electron chi connectivity index (χ1n) is 9.49. The minimum absolute atomic E-state index is 0.0709. The van der Waals surface area contributed by atoms with Gasteiger partial charge in [-0.15, -0.1) is 0 Å². The molecule has 1 atom stereocenters. The summed E-state index contributed by atoms with van der Waals surface area (Å²) in [6.45, 7) is 1.69. The number of amides is 3. The summed E-state index contributed by atoms with van der Waals surface area (Å²) in [6, 6.07) is 13.4. The van der Waals surface area contributed by atoms with Gasteiger partial charge in [-0.3, -0.25) is 9.78 Å². The molecule has 31 heavy (non-hydrogen) atoms. The lowest BCUT2D eigenvalue weighted by molar-refractivity contribution is -0.120. The summed E-state index contributed by atoms with van der Waals surface area (Å²) >= 11 is 0. The van der Waals surface area contributed by atoms with Gasteiger partial charge in [0.1, 0.15) is 5.69 Å². The van der Waals surface area contributed by atoms with Gasteiger partial charge in [0.2, 0.25) is 5.91 Å². The van der Waals surface area contributed by atoms with Crippen LogP contribution in [0.15, 0.2) is 67.0 Å². The lowest BCUT2D eigenvalue weighted by Gasteiger charge is -2.39. The van der Waals surface area contributed by atoms with E-state index in [0.29, 0.717) is 10.5 Å². The number of hydrogen-bond donors (Lipinski definition) is 1. The van der Waals surface area contributed by atoms with Crippen LogP contribution in [-0.4, -0.2) is 16.9 Å². The van der Waals surface area contributed by atoms with Crippen LogP contribution in [0.25, 0.3) is 0 Å². The average molecular weight is 417 g/mol. The molecular weight excluding hydrogens is 400 g/mol. The SMILES string of the molecule is C[C@@]1(c2ccccc2)CC(=O)N(c2c(F)cc(C#Cc3cccnc3)cc2F)C(=O)N1. The van der Waals surface area contributed by atoms with Gasteiger partial charge >= 0.3 is 6.03 Å². The molecule has 5 nitrogen and oxygen atoms in total. The Morgan fingerprint density at radius 3 is 2.29 bits per heavy atom. The van der Waals surface area contributed by atoms with Crippen molar-refractivity contribution in [1.29, 1.82) is 0 Å². The lowest BCUT2D eigenvalue weighted by Crippen LogP contribution is -2.59. The van der Waals surface area contributed by atoms with Crippen molar-refractivity contribution in [1.82, 2.24) is 10.3 Å². The maximum Gasteiger partial charge on any atom is 0.329 e. The molecule has 154 valence electrons. The van der Waals surface area contributed by atoms with E-state index in [1.54, 1.807) is 49.5 Å². The smallest absolute Gasteiger partial charge is 0.328 e. The van der Waals surface area contributed by atoms with Crippen LogP contribution in [0.5, 0.6) is 0 Å². The molecule has 1 fully saturated rings. The zero-order valence-corrected chi connectivity index (χ0v) is 16.5. The Bertz CT molecular complexity index is 1180. The van der Waals surface area contributed by atoms with Crippen molar-refractivity contribution in [2.24, 2.45) is 0 Å². The summed E-state index contributed by atoms with van der Waals surface area (Å²) < 4.78 is 29.6. The molecule has 1 aromatic heterocycles. The van der Waals surface area contributed by atoms with Gasteiger partial charge in [-0.05, 0) is 36.8 Å². The van der Waals surface area contributed by atoms with Crippen LogP contribution in [0.3, 0.4) is 0 Å². The zero-order chi connectivity index (χ0) is 22.0. The highest BCUT2D eigenvalue weighted by molar-refractivity contribution is 6.16. The third kappa shape index (κ3) is 4.01. The number of pyridine rings is 1. The van der Waals surface area contributed by atoms with Crippen molar-refractivity contribution < 1.29 is 18.4 Å². The molecule has 0 aliphatic carbocycles. The standard InChI is InChI=1S/C24H17F2N3O2/c1-24(18-7-3-2-4-8-18)14-21(30)29(23(31)28-24)22-19(25)12-17(13-20(22)26)10-9-16-6-5-11-27-15-16/h2-8,11-13,15H,14H2,1H3,(H,28,31)/t24-/m0/s1. The van der Waals surface area contributed by atoms with Gasteiger partial charge in [0.25, 0.3) is 0 Å². The molecule has 4 rings (SSSR count). The van der Waals surface area contributed by atoms with Gasteiger partial charge in [-0.2, -0.15) is 0 Å². The van der Waals surface area contributed by atoms with Crippen LogP contribution in [0.2, 0.25) is 0 Å². The molecule has 3 aromatic rings. The number of rotatable bonds is 2. The fraction of sp³-hybridized carbons (Fsp3) is 0.125. The summed E-state index contributed by atoms with van der Waals surface area (Å²) in [6.07, 6.45) is 2.96. The number of urea groups is 1. The molecule has 1 saturated heterocycles. The van der Waals surface area contributed by atoms with Gasteiger partial charge in [-0.25, -0.2) is 18.5 Å². The third-order valence-electron chi connectivity index (χ3n) is 5.00. The number of carbonyl (C=O) groups excluding carboxylic acids is 2. The predicted octanol–water partition coefficient (Wildman–Crippen LogP) is 4.12. The maximum atomic E-state index is 14.8. The van der Waals surface area contributed by atoms with Gasteiger partial charge in [0, 0.05) is 23.5 Å². The van der Waals surface area contributed by atoms with Gasteiger partial charge in [-0.1, -0.05) is 42.2 Å². The highest BCUT2D eigenvalue weighted by atomic mass is 19.1. The second-order valence-electron chi connectivity index (χ2n) is 7.31. The Kier molecular flexibility index (Phi) is 5.22. The van der Waals surface area contributed by atoms with E-state index in [1.165, 1.54) is 6.20 Å². The fourth-order valence-electron chi connectivity index (χ4n) is 3.47. The maximum absolute atomic E-state index is 14.8. The van der Waals surface area contributed by atoms with E-state index < -0.39 is 34.8 Å². The van der Waals surface area contributed by atoms with Gasteiger partial charge in [0.15, 0.2) is 11.6 Å². The average Bonchev–Trinajstić information content (AvgIpc) is 2.75. The summed E-state index contributed by atoms with van der Waals surface area (Å²) in [5, 5.41) is 2.70. The fourth-order valence-corrected chi connectivity index (χ4v) is 3.47. The van der Waals surface area contributed by atoms with E-state index in [0.717, 1.165) is 17.7 Å². The molecule has 7 heteroatoms. The zero-order valence-electron chi connectivity index (χ0n) is 16.5. The number of hydrogen-bond acceptors (Lipinski definition) is 3. The topological polar surface area (TPSA) is 62.3 Å². The molecule has 0 unspecified atom stereocenters. The first-order valence-corrected chi connectivity index (χ1v) is 9.49. The van der Waals surface area contributed by atoms with Crippen LogP contribution in [-0.2, 0) is 10.3 Å². The summed E-state index contributed by atoms with van der Waals surface area (Å²) in [5.41, 5.74) is -0.323. The Morgan fingerprint density at radius 1 is 1.00 bits per heavy atom. The molecule has 0 radical (unpaired) electrons. The molecular formula is C24H17F2N3O2. The predicted molar refractivity (Wildman–Crippen MR) is 111 cm³/mol. The van der Waals surface area contributed by atoms with Gasteiger partial charge in [0.05, 0.1) is 12.0 Å². The summed E-state index contributed by atoms with van der Waals surface area (Å²) in [4.78, 5) is 29.9. The number of anilines is 1. The number of nitrogens with one attached hydrogen (secondary N) is 1. The molecule has 1 N–H and O–H groups in total. The lowest BCUT2D eigenvalue weighted by atomic mass is 9.86. The van der Waals surface area contributed by atoms with E-state index >= 15 is 0 Å².